The zero-order valence-electron chi connectivity index (χ0n) is 16.7. The van der Waals surface area contributed by atoms with Gasteiger partial charge in [-0.05, 0) is 59.0 Å². The highest BCUT2D eigenvalue weighted by Gasteiger charge is 2.13. The molecule has 1 aromatic heterocycles. The second kappa shape index (κ2) is 8.69. The standard InChI is InChI=1S/C24H24N4O/c1-18-9-8-13-22(19(18)2)24-25-26-27-28(24)16-15-21-12-6-7-14-23(21)29-17-20-10-4-3-5-11-20/h3-14H,15-17H2,1-2H3. The molecule has 4 aromatic rings. The van der Waals surface area contributed by atoms with Crippen molar-refractivity contribution in [3.05, 3.63) is 95.1 Å². The molecule has 1 heterocycles. The van der Waals surface area contributed by atoms with E-state index in [1.165, 1.54) is 11.1 Å². The predicted molar refractivity (Wildman–Crippen MR) is 114 cm³/mol. The van der Waals surface area contributed by atoms with Crippen LogP contribution in [0, 0.1) is 13.8 Å². The van der Waals surface area contributed by atoms with Crippen molar-refractivity contribution in [3.8, 4) is 17.1 Å². The van der Waals surface area contributed by atoms with Crippen LogP contribution in [0.1, 0.15) is 22.3 Å². The molecule has 5 heteroatoms. The molecule has 0 radical (unpaired) electrons. The fourth-order valence-electron chi connectivity index (χ4n) is 3.35. The lowest BCUT2D eigenvalue weighted by molar-refractivity contribution is 0.302. The number of aryl methyl sites for hydroxylation is 3. The molecule has 0 saturated carbocycles. The largest absolute Gasteiger partial charge is 0.489 e. The van der Waals surface area contributed by atoms with Gasteiger partial charge in [0.25, 0.3) is 0 Å². The minimum atomic E-state index is 0.552. The molecule has 4 rings (SSSR count). The third-order valence-corrected chi connectivity index (χ3v) is 5.18. The van der Waals surface area contributed by atoms with E-state index in [9.17, 15) is 0 Å². The highest BCUT2D eigenvalue weighted by molar-refractivity contribution is 5.61. The Morgan fingerprint density at radius 1 is 0.862 bits per heavy atom. The van der Waals surface area contributed by atoms with Gasteiger partial charge in [0.2, 0.25) is 0 Å². The van der Waals surface area contributed by atoms with Gasteiger partial charge in [0.1, 0.15) is 12.4 Å². The average molecular weight is 384 g/mol. The molecule has 146 valence electrons. The lowest BCUT2D eigenvalue weighted by atomic mass is 10.0. The molecule has 0 bridgehead atoms. The van der Waals surface area contributed by atoms with E-state index < -0.39 is 0 Å². The summed E-state index contributed by atoms with van der Waals surface area (Å²) in [6, 6.07) is 24.6. The Labute approximate surface area is 171 Å². The van der Waals surface area contributed by atoms with Gasteiger partial charge < -0.3 is 4.74 Å². The summed E-state index contributed by atoms with van der Waals surface area (Å²) in [6.07, 6.45) is 0.786. The summed E-state index contributed by atoms with van der Waals surface area (Å²) in [5.41, 5.74) is 5.81. The molecule has 0 aliphatic rings. The van der Waals surface area contributed by atoms with Crippen LogP contribution in [-0.4, -0.2) is 20.2 Å². The molecule has 5 nitrogen and oxygen atoms in total. The van der Waals surface area contributed by atoms with Crippen molar-refractivity contribution in [1.82, 2.24) is 20.2 Å². The van der Waals surface area contributed by atoms with E-state index in [1.54, 1.807) is 0 Å². The Hall–Kier alpha value is -3.47. The SMILES string of the molecule is Cc1cccc(-c2nnnn2CCc2ccccc2OCc2ccccc2)c1C. The number of para-hydroxylation sites is 1. The second-order valence-electron chi connectivity index (χ2n) is 7.11. The number of rotatable bonds is 7. The van der Waals surface area contributed by atoms with Gasteiger partial charge >= 0.3 is 0 Å². The van der Waals surface area contributed by atoms with Gasteiger partial charge in [-0.15, -0.1) is 5.10 Å². The maximum Gasteiger partial charge on any atom is 0.182 e. The molecule has 0 aliphatic heterocycles. The fourth-order valence-corrected chi connectivity index (χ4v) is 3.35. The lowest BCUT2D eigenvalue weighted by Crippen LogP contribution is -2.08. The van der Waals surface area contributed by atoms with Crippen molar-refractivity contribution in [2.75, 3.05) is 0 Å². The molecule has 0 amide bonds. The zero-order valence-corrected chi connectivity index (χ0v) is 16.7. The molecule has 0 unspecified atom stereocenters. The Balaban J connectivity index is 1.49. The van der Waals surface area contributed by atoms with E-state index in [4.69, 9.17) is 4.74 Å². The van der Waals surface area contributed by atoms with Crippen molar-refractivity contribution in [2.45, 2.75) is 33.4 Å². The van der Waals surface area contributed by atoms with Gasteiger partial charge in [0, 0.05) is 12.1 Å². The molecule has 0 aliphatic carbocycles. The summed E-state index contributed by atoms with van der Waals surface area (Å²) in [7, 11) is 0. The Morgan fingerprint density at radius 2 is 1.66 bits per heavy atom. The van der Waals surface area contributed by atoms with Crippen LogP contribution in [0.5, 0.6) is 5.75 Å². The number of nitrogens with zero attached hydrogens (tertiary/aromatic N) is 4. The van der Waals surface area contributed by atoms with E-state index in [2.05, 4.69) is 59.7 Å². The smallest absolute Gasteiger partial charge is 0.182 e. The maximum atomic E-state index is 6.08. The quantitative estimate of drug-likeness (QED) is 0.460. The van der Waals surface area contributed by atoms with Crippen LogP contribution in [0.4, 0.5) is 0 Å². The van der Waals surface area contributed by atoms with E-state index in [-0.39, 0.29) is 0 Å². The van der Waals surface area contributed by atoms with Crippen LogP contribution >= 0.6 is 0 Å². The molecular formula is C24H24N4O. The molecule has 0 spiro atoms. The third-order valence-electron chi connectivity index (χ3n) is 5.18. The first-order valence-electron chi connectivity index (χ1n) is 9.80. The average Bonchev–Trinajstić information content (AvgIpc) is 3.22. The van der Waals surface area contributed by atoms with Crippen LogP contribution in [0.25, 0.3) is 11.4 Å². The summed E-state index contributed by atoms with van der Waals surface area (Å²) in [5, 5.41) is 12.4. The van der Waals surface area contributed by atoms with Crippen molar-refractivity contribution >= 4 is 0 Å². The molecule has 0 N–H and O–H groups in total. The molecule has 0 fully saturated rings. The predicted octanol–water partition coefficient (Wildman–Crippen LogP) is 4.78. The first kappa shape index (κ1) is 18.9. The van der Waals surface area contributed by atoms with E-state index in [0.29, 0.717) is 13.2 Å². The highest BCUT2D eigenvalue weighted by atomic mass is 16.5. The van der Waals surface area contributed by atoms with Crippen LogP contribution < -0.4 is 4.74 Å². The minimum Gasteiger partial charge on any atom is -0.489 e. The Kier molecular flexibility index (Phi) is 5.66. The first-order valence-corrected chi connectivity index (χ1v) is 9.80. The topological polar surface area (TPSA) is 52.8 Å². The van der Waals surface area contributed by atoms with Crippen molar-refractivity contribution in [2.24, 2.45) is 0 Å². The van der Waals surface area contributed by atoms with Crippen LogP contribution in [0.2, 0.25) is 0 Å². The summed E-state index contributed by atoms with van der Waals surface area (Å²) in [6.45, 7) is 5.45. The summed E-state index contributed by atoms with van der Waals surface area (Å²) >= 11 is 0. The van der Waals surface area contributed by atoms with Crippen molar-refractivity contribution in [3.63, 3.8) is 0 Å². The van der Waals surface area contributed by atoms with Gasteiger partial charge in [-0.25, -0.2) is 4.68 Å². The first-order chi connectivity index (χ1) is 14.2. The molecule has 29 heavy (non-hydrogen) atoms. The molecule has 0 atom stereocenters. The summed E-state index contributed by atoms with van der Waals surface area (Å²) in [5.74, 6) is 1.70. The van der Waals surface area contributed by atoms with Crippen LogP contribution in [0.3, 0.4) is 0 Å². The van der Waals surface area contributed by atoms with Gasteiger partial charge in [0.05, 0.1) is 0 Å². The monoisotopic (exact) mass is 384 g/mol. The Morgan fingerprint density at radius 3 is 2.52 bits per heavy atom. The normalized spacial score (nSPS) is 10.8. The fraction of sp³-hybridized carbons (Fsp3) is 0.208. The molecular weight excluding hydrogens is 360 g/mol. The molecule has 0 saturated heterocycles. The number of hydrogen-bond acceptors (Lipinski definition) is 4. The zero-order chi connectivity index (χ0) is 20.1. The van der Waals surface area contributed by atoms with E-state index in [0.717, 1.165) is 34.7 Å². The Bertz CT molecular complexity index is 1090. The summed E-state index contributed by atoms with van der Waals surface area (Å²) < 4.78 is 7.95. The minimum absolute atomic E-state index is 0.552. The van der Waals surface area contributed by atoms with Gasteiger partial charge in [-0.1, -0.05) is 66.7 Å². The number of benzene rings is 3. The summed E-state index contributed by atoms with van der Waals surface area (Å²) in [4.78, 5) is 0. The van der Waals surface area contributed by atoms with Gasteiger partial charge in [-0.2, -0.15) is 0 Å². The number of hydrogen-bond donors (Lipinski definition) is 0. The highest BCUT2D eigenvalue weighted by Crippen LogP contribution is 2.24. The van der Waals surface area contributed by atoms with E-state index in [1.807, 2.05) is 47.1 Å². The lowest BCUT2D eigenvalue weighted by Gasteiger charge is -2.12. The second-order valence-corrected chi connectivity index (χ2v) is 7.11. The number of aromatic nitrogens is 4. The number of ether oxygens (including phenoxy) is 1. The third kappa shape index (κ3) is 4.35. The van der Waals surface area contributed by atoms with Gasteiger partial charge in [0.15, 0.2) is 5.82 Å². The molecule has 3 aromatic carbocycles. The van der Waals surface area contributed by atoms with Crippen molar-refractivity contribution in [1.29, 1.82) is 0 Å². The van der Waals surface area contributed by atoms with Crippen LogP contribution in [-0.2, 0) is 19.6 Å². The van der Waals surface area contributed by atoms with E-state index >= 15 is 0 Å². The van der Waals surface area contributed by atoms with Gasteiger partial charge in [-0.3, -0.25) is 0 Å². The van der Waals surface area contributed by atoms with Crippen molar-refractivity contribution < 1.29 is 4.74 Å². The maximum absolute atomic E-state index is 6.08. The number of tetrazole rings is 1. The van der Waals surface area contributed by atoms with Crippen LogP contribution in [0.15, 0.2) is 72.8 Å².